The molecule has 2 aromatic rings. The molecular weight excluding hydrogens is 424 g/mol. The number of hydrogen-bond acceptors (Lipinski definition) is 4. The standard InChI is InChI=1S/C25H32N2O4S/c1-19(21-12-13-21)27(17-20-10-14-23(31-2)15-11-20)25(28)22-7-6-16-26(18-22)32(29,30)24-8-4-3-5-9-24/h3-5,8-11,14-15,19,21-22H,6-7,12-13,16-18H2,1-2H3. The molecule has 0 radical (unpaired) electrons. The number of carbonyl (C=O) groups is 1. The van der Waals surface area contributed by atoms with E-state index in [-0.39, 0.29) is 29.3 Å². The van der Waals surface area contributed by atoms with E-state index in [1.54, 1.807) is 37.4 Å². The lowest BCUT2D eigenvalue weighted by Crippen LogP contribution is -2.49. The van der Waals surface area contributed by atoms with Gasteiger partial charge in [0.05, 0.1) is 17.9 Å². The van der Waals surface area contributed by atoms with Crippen molar-refractivity contribution in [3.63, 3.8) is 0 Å². The summed E-state index contributed by atoms with van der Waals surface area (Å²) in [4.78, 5) is 15.9. The van der Waals surface area contributed by atoms with E-state index in [9.17, 15) is 13.2 Å². The number of benzene rings is 2. The molecule has 2 unspecified atom stereocenters. The summed E-state index contributed by atoms with van der Waals surface area (Å²) >= 11 is 0. The molecule has 0 bridgehead atoms. The van der Waals surface area contributed by atoms with Crippen LogP contribution in [0.15, 0.2) is 59.5 Å². The van der Waals surface area contributed by atoms with Crippen LogP contribution >= 0.6 is 0 Å². The first-order chi connectivity index (χ1) is 15.4. The Balaban J connectivity index is 1.52. The van der Waals surface area contributed by atoms with Gasteiger partial charge in [-0.25, -0.2) is 8.42 Å². The lowest BCUT2D eigenvalue weighted by molar-refractivity contribution is -0.140. The molecule has 2 fully saturated rings. The zero-order valence-corrected chi connectivity index (χ0v) is 19.6. The first kappa shape index (κ1) is 22.8. The highest BCUT2D eigenvalue weighted by Crippen LogP contribution is 2.37. The van der Waals surface area contributed by atoms with Crippen LogP contribution in [0.5, 0.6) is 5.75 Å². The molecule has 7 heteroatoms. The molecule has 1 heterocycles. The molecule has 4 rings (SSSR count). The van der Waals surface area contributed by atoms with Crippen LogP contribution in [-0.2, 0) is 21.4 Å². The first-order valence-corrected chi connectivity index (χ1v) is 12.8. The Kier molecular flexibility index (Phi) is 6.86. The number of ether oxygens (including phenoxy) is 1. The smallest absolute Gasteiger partial charge is 0.243 e. The van der Waals surface area contributed by atoms with Gasteiger partial charge in [0.2, 0.25) is 15.9 Å². The number of nitrogens with zero attached hydrogens (tertiary/aromatic N) is 2. The van der Waals surface area contributed by atoms with Crippen LogP contribution in [0, 0.1) is 11.8 Å². The van der Waals surface area contributed by atoms with Crippen LogP contribution in [-0.4, -0.2) is 49.8 Å². The minimum atomic E-state index is -3.60. The van der Waals surface area contributed by atoms with Gasteiger partial charge in [-0.2, -0.15) is 4.31 Å². The van der Waals surface area contributed by atoms with Gasteiger partial charge in [-0.15, -0.1) is 0 Å². The van der Waals surface area contributed by atoms with Crippen molar-refractivity contribution in [2.45, 2.75) is 50.1 Å². The summed E-state index contributed by atoms with van der Waals surface area (Å²) in [5, 5.41) is 0. The fraction of sp³-hybridized carbons (Fsp3) is 0.480. The fourth-order valence-corrected chi connectivity index (χ4v) is 6.07. The van der Waals surface area contributed by atoms with Gasteiger partial charge < -0.3 is 9.64 Å². The second kappa shape index (κ2) is 9.63. The molecule has 0 spiro atoms. The molecule has 1 aliphatic carbocycles. The molecule has 32 heavy (non-hydrogen) atoms. The highest BCUT2D eigenvalue weighted by atomic mass is 32.2. The number of piperidine rings is 1. The summed E-state index contributed by atoms with van der Waals surface area (Å²) in [5.74, 6) is 1.07. The van der Waals surface area contributed by atoms with Crippen molar-refractivity contribution in [1.82, 2.24) is 9.21 Å². The predicted molar refractivity (Wildman–Crippen MR) is 124 cm³/mol. The average Bonchev–Trinajstić information content (AvgIpc) is 3.68. The van der Waals surface area contributed by atoms with Crippen molar-refractivity contribution in [3.05, 3.63) is 60.2 Å². The number of carbonyl (C=O) groups excluding carboxylic acids is 1. The van der Waals surface area contributed by atoms with E-state index in [4.69, 9.17) is 4.74 Å². The molecule has 1 amide bonds. The highest BCUT2D eigenvalue weighted by Gasteiger charge is 2.39. The van der Waals surface area contributed by atoms with Crippen LogP contribution < -0.4 is 4.74 Å². The first-order valence-electron chi connectivity index (χ1n) is 11.4. The lowest BCUT2D eigenvalue weighted by Gasteiger charge is -2.37. The van der Waals surface area contributed by atoms with Crippen LogP contribution in [0.1, 0.15) is 38.2 Å². The van der Waals surface area contributed by atoms with E-state index in [1.165, 1.54) is 4.31 Å². The number of sulfonamides is 1. The number of methoxy groups -OCH3 is 1. The van der Waals surface area contributed by atoms with Gasteiger partial charge in [0.25, 0.3) is 0 Å². The molecule has 172 valence electrons. The summed E-state index contributed by atoms with van der Waals surface area (Å²) in [6.07, 6.45) is 3.70. The zero-order chi connectivity index (χ0) is 22.7. The Morgan fingerprint density at radius 1 is 1.09 bits per heavy atom. The van der Waals surface area contributed by atoms with Crippen molar-refractivity contribution in [2.24, 2.45) is 11.8 Å². The molecule has 2 aromatic carbocycles. The summed E-state index contributed by atoms with van der Waals surface area (Å²) in [5.41, 5.74) is 1.05. The van der Waals surface area contributed by atoms with E-state index >= 15 is 0 Å². The Morgan fingerprint density at radius 2 is 1.78 bits per heavy atom. The van der Waals surface area contributed by atoms with Crippen molar-refractivity contribution in [2.75, 3.05) is 20.2 Å². The Morgan fingerprint density at radius 3 is 2.41 bits per heavy atom. The van der Waals surface area contributed by atoms with Crippen molar-refractivity contribution < 1.29 is 17.9 Å². The molecule has 1 saturated carbocycles. The van der Waals surface area contributed by atoms with Gasteiger partial charge in [0, 0.05) is 25.7 Å². The number of amides is 1. The average molecular weight is 457 g/mol. The Bertz CT molecular complexity index is 1020. The lowest BCUT2D eigenvalue weighted by atomic mass is 9.96. The topological polar surface area (TPSA) is 66.9 Å². The maximum atomic E-state index is 13.7. The molecule has 6 nitrogen and oxygen atoms in total. The van der Waals surface area contributed by atoms with E-state index in [2.05, 4.69) is 6.92 Å². The van der Waals surface area contributed by atoms with Gasteiger partial charge in [0.15, 0.2) is 0 Å². The Labute approximate surface area is 191 Å². The van der Waals surface area contributed by atoms with Crippen LogP contribution in [0.2, 0.25) is 0 Å². The van der Waals surface area contributed by atoms with Crippen molar-refractivity contribution in [3.8, 4) is 5.75 Å². The third-order valence-electron chi connectivity index (χ3n) is 6.71. The van der Waals surface area contributed by atoms with Gasteiger partial charge >= 0.3 is 0 Å². The molecular formula is C25H32N2O4S. The minimum Gasteiger partial charge on any atom is -0.497 e. The Hall–Kier alpha value is -2.38. The normalized spacial score (nSPS) is 20.5. The minimum absolute atomic E-state index is 0.0631. The second-order valence-corrected chi connectivity index (χ2v) is 10.8. The molecule has 2 aliphatic rings. The summed E-state index contributed by atoms with van der Waals surface area (Å²) in [7, 11) is -1.96. The molecule has 1 saturated heterocycles. The third kappa shape index (κ3) is 4.99. The highest BCUT2D eigenvalue weighted by molar-refractivity contribution is 7.89. The fourth-order valence-electron chi connectivity index (χ4n) is 4.52. The third-order valence-corrected chi connectivity index (χ3v) is 8.58. The van der Waals surface area contributed by atoms with Gasteiger partial charge in [-0.1, -0.05) is 30.3 Å². The zero-order valence-electron chi connectivity index (χ0n) is 18.8. The van der Waals surface area contributed by atoms with Crippen LogP contribution in [0.3, 0.4) is 0 Å². The van der Waals surface area contributed by atoms with Crippen molar-refractivity contribution >= 4 is 15.9 Å². The maximum absolute atomic E-state index is 13.7. The SMILES string of the molecule is COc1ccc(CN(C(=O)C2CCCN(S(=O)(=O)c3ccccc3)C2)C(C)C2CC2)cc1. The summed E-state index contributed by atoms with van der Waals surface area (Å²) in [6.45, 7) is 3.35. The second-order valence-electron chi connectivity index (χ2n) is 8.91. The summed E-state index contributed by atoms with van der Waals surface area (Å²) < 4.78 is 33.0. The van der Waals surface area contributed by atoms with Crippen LogP contribution in [0.25, 0.3) is 0 Å². The quantitative estimate of drug-likeness (QED) is 0.604. The van der Waals surface area contributed by atoms with Crippen molar-refractivity contribution in [1.29, 1.82) is 0 Å². The van der Waals surface area contributed by atoms with E-state index in [1.807, 2.05) is 29.2 Å². The molecule has 0 N–H and O–H groups in total. The van der Waals surface area contributed by atoms with E-state index in [0.717, 1.165) is 30.6 Å². The largest absolute Gasteiger partial charge is 0.497 e. The van der Waals surface area contributed by atoms with Gasteiger partial charge in [-0.05, 0) is 68.4 Å². The molecule has 0 aromatic heterocycles. The summed E-state index contributed by atoms with van der Waals surface area (Å²) in [6, 6.07) is 16.4. The van der Waals surface area contributed by atoms with E-state index < -0.39 is 10.0 Å². The van der Waals surface area contributed by atoms with Gasteiger partial charge in [-0.3, -0.25) is 4.79 Å². The monoisotopic (exact) mass is 456 g/mol. The molecule has 2 atom stereocenters. The maximum Gasteiger partial charge on any atom is 0.243 e. The molecule has 1 aliphatic heterocycles. The predicted octanol–water partition coefficient (Wildman–Crippen LogP) is 3.92. The van der Waals surface area contributed by atoms with Crippen LogP contribution in [0.4, 0.5) is 0 Å². The van der Waals surface area contributed by atoms with Gasteiger partial charge in [0.1, 0.15) is 5.75 Å². The number of rotatable bonds is 8. The number of hydrogen-bond donors (Lipinski definition) is 0. The van der Waals surface area contributed by atoms with E-state index in [0.29, 0.717) is 25.4 Å².